The van der Waals surface area contributed by atoms with E-state index in [0.29, 0.717) is 17.9 Å². The number of ether oxygens (including phenoxy) is 1. The number of nitriles is 1. The van der Waals surface area contributed by atoms with Crippen molar-refractivity contribution in [2.75, 3.05) is 71.8 Å². The van der Waals surface area contributed by atoms with Gasteiger partial charge >= 0.3 is 0 Å². The molecule has 5 heterocycles. The summed E-state index contributed by atoms with van der Waals surface area (Å²) in [6.45, 7) is 12.6. The van der Waals surface area contributed by atoms with E-state index in [9.17, 15) is 17.9 Å². The number of aliphatic imine (C=N–C) groups is 1. The van der Waals surface area contributed by atoms with Gasteiger partial charge in [-0.3, -0.25) is 9.56 Å². The lowest BCUT2D eigenvalue weighted by Crippen LogP contribution is -2.75. The maximum Gasteiger partial charge on any atom is 0.250 e. The molecular weight excluding hydrogens is 637 g/mol. The second-order valence-corrected chi connectivity index (χ2v) is 16.5. The van der Waals surface area contributed by atoms with Crippen molar-refractivity contribution in [1.29, 1.82) is 5.26 Å². The minimum Gasteiger partial charge on any atom is -0.768 e. The molecule has 3 fully saturated rings. The number of fused-ring (bicyclic) bond motifs is 4. The maximum atomic E-state index is 13.1. The number of nitrogens with one attached hydrogen (secondary N) is 1. The van der Waals surface area contributed by atoms with E-state index in [2.05, 4.69) is 14.7 Å². The van der Waals surface area contributed by atoms with E-state index in [1.165, 1.54) is 68.8 Å². The van der Waals surface area contributed by atoms with Crippen molar-refractivity contribution in [3.05, 3.63) is 47.8 Å². The molecule has 0 spiro atoms. The van der Waals surface area contributed by atoms with Crippen LogP contribution in [0, 0.1) is 18.3 Å². The fourth-order valence-electron chi connectivity index (χ4n) is 6.22. The number of nitrogens with zero attached hydrogens (tertiary/aromatic N) is 5. The first kappa shape index (κ1) is 33.3. The molecular formula is C29H39N7O6PS2+. The van der Waals surface area contributed by atoms with Crippen LogP contribution in [0.1, 0.15) is 24.1 Å². The number of thiophene rings is 1. The molecule has 1 aromatic carbocycles. The van der Waals surface area contributed by atoms with Gasteiger partial charge in [-0.15, -0.1) is 11.3 Å². The van der Waals surface area contributed by atoms with Crippen LogP contribution >= 0.6 is 18.9 Å². The number of benzene rings is 1. The summed E-state index contributed by atoms with van der Waals surface area (Å²) in [7, 11) is -8.79. The van der Waals surface area contributed by atoms with Gasteiger partial charge in [0.2, 0.25) is 0 Å². The van der Waals surface area contributed by atoms with Gasteiger partial charge in [-0.05, 0) is 42.8 Å². The monoisotopic (exact) mass is 676 g/mol. The Balaban J connectivity index is 1.13. The molecule has 0 radical (unpaired) electrons. The molecule has 6 rings (SSSR count). The highest BCUT2D eigenvalue weighted by Gasteiger charge is 2.48. The molecule has 2 aromatic heterocycles. The second kappa shape index (κ2) is 13.7. The molecule has 242 valence electrons. The van der Waals surface area contributed by atoms with Gasteiger partial charge < -0.3 is 28.9 Å². The number of hydrogen-bond donors (Lipinski definition) is 2. The molecule has 3 aliphatic heterocycles. The van der Waals surface area contributed by atoms with E-state index in [0.717, 1.165) is 58.0 Å². The van der Waals surface area contributed by atoms with Gasteiger partial charge in [0.15, 0.2) is 7.60 Å². The number of aromatic nitrogens is 1. The third-order valence-electron chi connectivity index (χ3n) is 8.87. The Hall–Kier alpha value is -3.09. The molecule has 3 saturated heterocycles. The standard InChI is InChI=1S/C29H39N7O6PS2/c1-23-27-18-25(41-17-3-10-36-14-11-35(12-15-36,13-16-36)9-2-8-32-21-31)6-7-28(27)44-29(23)45(39,40)34-22-43(37,38)42-26-5-4-24(19-30)33-20-26/h4-7,18,20-21,34H,2-3,8-17,22H2,1H3,(H2-,31,32,37,38)/q+1. The summed E-state index contributed by atoms with van der Waals surface area (Å²) in [6.07, 6.45) is 3.55. The van der Waals surface area contributed by atoms with Gasteiger partial charge in [-0.25, -0.2) is 18.1 Å². The molecule has 16 heteroatoms. The molecule has 1 atom stereocenters. The van der Waals surface area contributed by atoms with Crippen LogP contribution in [-0.4, -0.2) is 101 Å². The first-order valence-electron chi connectivity index (χ1n) is 14.9. The largest absolute Gasteiger partial charge is 0.768 e. The van der Waals surface area contributed by atoms with Crippen LogP contribution in [-0.2, 0) is 14.6 Å². The summed E-state index contributed by atoms with van der Waals surface area (Å²) in [5.74, 6) is 0.553. The molecule has 3 aromatic rings. The van der Waals surface area contributed by atoms with Crippen molar-refractivity contribution in [1.82, 2.24) is 9.71 Å². The lowest BCUT2D eigenvalue weighted by Gasteiger charge is -2.55. The predicted octanol–water partition coefficient (Wildman–Crippen LogP) is 2.15. The zero-order valence-corrected chi connectivity index (χ0v) is 27.8. The molecule has 13 nitrogen and oxygen atoms in total. The van der Waals surface area contributed by atoms with E-state index in [1.54, 1.807) is 6.92 Å². The van der Waals surface area contributed by atoms with E-state index in [1.807, 2.05) is 24.3 Å². The second-order valence-electron chi connectivity index (χ2n) is 11.8. The Bertz CT molecular complexity index is 1720. The minimum atomic E-state index is -4.64. The number of aryl methyl sites for hydroxylation is 1. The van der Waals surface area contributed by atoms with Crippen molar-refractivity contribution in [3.8, 4) is 17.6 Å². The summed E-state index contributed by atoms with van der Waals surface area (Å²) >= 11 is 1.06. The number of hydrogen-bond acceptors (Lipinski definition) is 10. The normalized spacial score (nSPS) is 22.8. The summed E-state index contributed by atoms with van der Waals surface area (Å²) in [5.41, 5.74) is 5.98. The predicted molar refractivity (Wildman–Crippen MR) is 171 cm³/mol. The third-order valence-corrected chi connectivity index (χ3v) is 13.4. The molecule has 1 unspecified atom stereocenters. The number of quaternary nitrogens is 2. The van der Waals surface area contributed by atoms with Crippen LogP contribution in [0.5, 0.6) is 11.5 Å². The SMILES string of the molecule is Cc1c(S(=O)(=O)NCP(=O)([O-])Oc2ccc(C#N)nc2)sc2ccc(OCCC[N+]34CC[N+](CCCN=CN)(CC3)CC4)cc12. The van der Waals surface area contributed by atoms with Crippen molar-refractivity contribution in [2.24, 2.45) is 10.7 Å². The minimum absolute atomic E-state index is 0.0299. The van der Waals surface area contributed by atoms with Gasteiger partial charge in [-0.2, -0.15) is 5.26 Å². The zero-order valence-electron chi connectivity index (χ0n) is 25.3. The Morgan fingerprint density at radius 2 is 1.80 bits per heavy atom. The number of nitrogens with two attached hydrogens (primary N) is 1. The van der Waals surface area contributed by atoms with Crippen molar-refractivity contribution >= 4 is 45.4 Å². The van der Waals surface area contributed by atoms with Crippen LogP contribution in [0.2, 0.25) is 0 Å². The molecule has 0 aliphatic carbocycles. The summed E-state index contributed by atoms with van der Waals surface area (Å²) in [6, 6.07) is 9.90. The molecule has 0 amide bonds. The van der Waals surface area contributed by atoms with Gasteiger partial charge in [-0.1, -0.05) is 0 Å². The molecule has 2 bridgehead atoms. The summed E-state index contributed by atoms with van der Waals surface area (Å²) in [4.78, 5) is 20.3. The van der Waals surface area contributed by atoms with Gasteiger partial charge in [0, 0.05) is 29.5 Å². The molecule has 3 aliphatic rings. The highest BCUT2D eigenvalue weighted by Crippen LogP contribution is 2.39. The molecule has 45 heavy (non-hydrogen) atoms. The van der Waals surface area contributed by atoms with Gasteiger partial charge in [0.25, 0.3) is 10.0 Å². The Kier molecular flexibility index (Phi) is 10.1. The smallest absolute Gasteiger partial charge is 0.250 e. The Morgan fingerprint density at radius 1 is 1.13 bits per heavy atom. The van der Waals surface area contributed by atoms with Crippen LogP contribution in [0.3, 0.4) is 0 Å². The number of piperazine rings is 3. The lowest BCUT2D eigenvalue weighted by atomic mass is 10.1. The van der Waals surface area contributed by atoms with Crippen LogP contribution in [0.15, 0.2) is 45.7 Å². The van der Waals surface area contributed by atoms with Crippen molar-refractivity contribution < 1.29 is 36.1 Å². The Morgan fingerprint density at radius 3 is 2.42 bits per heavy atom. The van der Waals surface area contributed by atoms with Gasteiger partial charge in [0.05, 0.1) is 38.5 Å². The fraction of sp³-hybridized carbons (Fsp3) is 0.483. The molecule has 0 saturated carbocycles. The third kappa shape index (κ3) is 8.01. The average Bonchev–Trinajstić information content (AvgIpc) is 3.38. The van der Waals surface area contributed by atoms with E-state index < -0.39 is 23.9 Å². The summed E-state index contributed by atoms with van der Waals surface area (Å²) in [5, 5.41) is 9.56. The Labute approximate surface area is 267 Å². The van der Waals surface area contributed by atoms with Crippen molar-refractivity contribution in [2.45, 2.75) is 24.0 Å². The van der Waals surface area contributed by atoms with Crippen LogP contribution in [0.4, 0.5) is 0 Å². The van der Waals surface area contributed by atoms with Crippen LogP contribution < -0.4 is 24.6 Å². The number of pyridine rings is 1. The first-order valence-corrected chi connectivity index (χ1v) is 18.9. The van der Waals surface area contributed by atoms with Gasteiger partial charge in [0.1, 0.15) is 66.7 Å². The number of rotatable bonds is 15. The fourth-order valence-corrected chi connectivity index (χ4v) is 10.5. The van der Waals surface area contributed by atoms with Crippen LogP contribution in [0.25, 0.3) is 10.1 Å². The average molecular weight is 677 g/mol. The molecule has 3 N–H and O–H groups in total. The maximum absolute atomic E-state index is 13.1. The van der Waals surface area contributed by atoms with Crippen molar-refractivity contribution in [3.63, 3.8) is 0 Å². The quantitative estimate of drug-likeness (QED) is 0.0802. The summed E-state index contributed by atoms with van der Waals surface area (Å²) < 4.78 is 55.0. The topological polar surface area (TPSA) is 180 Å². The number of sulfonamides is 1. The highest BCUT2D eigenvalue weighted by atomic mass is 32.2. The lowest BCUT2D eigenvalue weighted by molar-refractivity contribution is -1.08. The first-order chi connectivity index (χ1) is 21.5. The zero-order chi connectivity index (χ0) is 32.1. The van der Waals surface area contributed by atoms with E-state index in [4.69, 9.17) is 20.3 Å². The van der Waals surface area contributed by atoms with E-state index >= 15 is 0 Å². The van der Waals surface area contributed by atoms with E-state index in [-0.39, 0.29) is 15.7 Å². The highest BCUT2D eigenvalue weighted by molar-refractivity contribution is 7.92.